The molecule has 0 aromatic heterocycles. The molecule has 0 saturated carbocycles. The van der Waals surface area contributed by atoms with Crippen molar-refractivity contribution < 1.29 is 8.42 Å². The molecule has 0 radical (unpaired) electrons. The van der Waals surface area contributed by atoms with Crippen LogP contribution in [0.4, 0.5) is 0 Å². The van der Waals surface area contributed by atoms with Gasteiger partial charge in [0.15, 0.2) is 0 Å². The van der Waals surface area contributed by atoms with Gasteiger partial charge in [-0.15, -0.1) is 0 Å². The highest BCUT2D eigenvalue weighted by Gasteiger charge is 2.35. The molecule has 0 amide bonds. The predicted octanol–water partition coefficient (Wildman–Crippen LogP) is 4.17. The molecule has 3 rings (SSSR count). The summed E-state index contributed by atoms with van der Waals surface area (Å²) < 4.78 is 27.5. The first-order chi connectivity index (χ1) is 12.9. The molecule has 1 atom stereocenters. The Bertz CT molecular complexity index is 1010. The van der Waals surface area contributed by atoms with Gasteiger partial charge < -0.3 is 0 Å². The number of allylic oxidation sites excluding steroid dienone is 1. The van der Waals surface area contributed by atoms with Gasteiger partial charge in [-0.1, -0.05) is 60.2 Å². The first-order valence-corrected chi connectivity index (χ1v) is 10.3. The normalized spacial score (nSPS) is 20.0. The lowest BCUT2D eigenvalue weighted by atomic mass is 9.97. The molecule has 138 valence electrons. The Kier molecular flexibility index (Phi) is 5.59. The zero-order valence-electron chi connectivity index (χ0n) is 15.5. The van der Waals surface area contributed by atoms with E-state index in [1.807, 2.05) is 49.4 Å². The van der Waals surface area contributed by atoms with Crippen molar-refractivity contribution in [2.45, 2.75) is 18.7 Å². The summed E-state index contributed by atoms with van der Waals surface area (Å²) >= 11 is 0. The summed E-state index contributed by atoms with van der Waals surface area (Å²) in [6.07, 6.45) is 3.98. The molecule has 4 nitrogen and oxygen atoms in total. The molecule has 0 unspecified atom stereocenters. The Morgan fingerprint density at radius 3 is 2.44 bits per heavy atom. The summed E-state index contributed by atoms with van der Waals surface area (Å²) in [6.45, 7) is 4.27. The van der Waals surface area contributed by atoms with E-state index in [4.69, 9.17) is 0 Å². The molecule has 1 aliphatic heterocycles. The number of hydrogen-bond acceptors (Lipinski definition) is 3. The second kappa shape index (κ2) is 7.91. The monoisotopic (exact) mass is 378 g/mol. The lowest BCUT2D eigenvalue weighted by molar-refractivity contribution is 0.471. The molecule has 5 heteroatoms. The van der Waals surface area contributed by atoms with Gasteiger partial charge in [0.05, 0.1) is 11.0 Å². The Morgan fingerprint density at radius 2 is 1.81 bits per heavy atom. The van der Waals surface area contributed by atoms with Crippen LogP contribution in [-0.2, 0) is 10.0 Å². The fourth-order valence-corrected chi connectivity index (χ4v) is 4.62. The van der Waals surface area contributed by atoms with Crippen molar-refractivity contribution in [2.75, 3.05) is 13.1 Å². The van der Waals surface area contributed by atoms with E-state index in [0.717, 1.165) is 16.7 Å². The minimum atomic E-state index is -3.59. The number of aryl methyl sites for hydroxylation is 1. The Balaban J connectivity index is 1.91. The maximum atomic E-state index is 13.0. The van der Waals surface area contributed by atoms with Crippen molar-refractivity contribution in [1.82, 2.24) is 4.31 Å². The summed E-state index contributed by atoms with van der Waals surface area (Å²) in [4.78, 5) is 0.287. The van der Waals surface area contributed by atoms with Crippen molar-refractivity contribution in [1.29, 1.82) is 5.26 Å². The number of nitrogens with zero attached hydrogens (tertiary/aromatic N) is 2. The lowest BCUT2D eigenvalue weighted by Gasteiger charge is -2.15. The number of hydrogen-bond donors (Lipinski definition) is 0. The lowest BCUT2D eigenvalue weighted by Crippen LogP contribution is -2.28. The average Bonchev–Trinajstić information content (AvgIpc) is 3.12. The smallest absolute Gasteiger partial charge is 0.207 e. The second-order valence-electron chi connectivity index (χ2n) is 6.75. The molecule has 0 spiro atoms. The molecule has 0 bridgehead atoms. The van der Waals surface area contributed by atoms with E-state index >= 15 is 0 Å². The molecular weight excluding hydrogens is 356 g/mol. The van der Waals surface area contributed by atoms with Crippen LogP contribution in [0.15, 0.2) is 76.7 Å². The van der Waals surface area contributed by atoms with E-state index < -0.39 is 10.0 Å². The van der Waals surface area contributed by atoms with E-state index in [-0.39, 0.29) is 17.4 Å². The topological polar surface area (TPSA) is 61.2 Å². The van der Waals surface area contributed by atoms with Crippen LogP contribution in [-0.4, -0.2) is 25.8 Å². The number of rotatable bonds is 4. The molecular formula is C22H22N2O2S. The van der Waals surface area contributed by atoms with E-state index in [2.05, 4.69) is 6.07 Å². The van der Waals surface area contributed by atoms with Crippen molar-refractivity contribution in [3.63, 3.8) is 0 Å². The van der Waals surface area contributed by atoms with Crippen LogP contribution >= 0.6 is 0 Å². The third-order valence-electron chi connectivity index (χ3n) is 4.82. The van der Waals surface area contributed by atoms with Gasteiger partial charge in [0.25, 0.3) is 0 Å². The average molecular weight is 378 g/mol. The van der Waals surface area contributed by atoms with Crippen LogP contribution in [0, 0.1) is 24.2 Å². The van der Waals surface area contributed by atoms with Crippen molar-refractivity contribution in [3.05, 3.63) is 82.9 Å². The number of nitriles is 1. The standard InChI is InChI=1S/C22H22N2O2S/c1-17-8-12-21(13-9-17)27(25,26)24-15-20(22(16-24)18(2)14-23)11-10-19-6-4-3-5-7-19/h3-13,20H,15-16H2,1-2H3/b11-10+,22-18+/t20-/m1/s1. The maximum Gasteiger partial charge on any atom is 0.243 e. The minimum absolute atomic E-state index is 0.106. The van der Waals surface area contributed by atoms with Gasteiger partial charge in [0.1, 0.15) is 0 Å². The largest absolute Gasteiger partial charge is 0.243 e. The zero-order valence-corrected chi connectivity index (χ0v) is 16.3. The second-order valence-corrected chi connectivity index (χ2v) is 8.69. The molecule has 2 aromatic carbocycles. The SMILES string of the molecule is C/C(C#N)=C1/CN(S(=O)(=O)c2ccc(C)cc2)C[C@H]1/C=C/c1ccccc1. The van der Waals surface area contributed by atoms with Crippen LogP contribution in [0.5, 0.6) is 0 Å². The molecule has 0 N–H and O–H groups in total. The minimum Gasteiger partial charge on any atom is -0.207 e. The Labute approximate surface area is 161 Å². The molecule has 2 aromatic rings. The van der Waals surface area contributed by atoms with E-state index in [1.54, 1.807) is 31.2 Å². The molecule has 1 heterocycles. The first kappa shape index (κ1) is 19.1. The van der Waals surface area contributed by atoms with Gasteiger partial charge in [-0.05, 0) is 37.1 Å². The predicted molar refractivity (Wildman–Crippen MR) is 107 cm³/mol. The van der Waals surface area contributed by atoms with E-state index in [1.165, 1.54) is 4.31 Å². The van der Waals surface area contributed by atoms with Crippen molar-refractivity contribution in [3.8, 4) is 6.07 Å². The van der Waals surface area contributed by atoms with Crippen LogP contribution in [0.3, 0.4) is 0 Å². The number of benzene rings is 2. The van der Waals surface area contributed by atoms with Crippen molar-refractivity contribution in [2.24, 2.45) is 5.92 Å². The fraction of sp³-hybridized carbons (Fsp3) is 0.227. The summed E-state index contributed by atoms with van der Waals surface area (Å²) in [5, 5.41) is 9.33. The molecule has 1 fully saturated rings. The van der Waals surface area contributed by atoms with Crippen LogP contribution in [0.25, 0.3) is 6.08 Å². The molecule has 1 aliphatic rings. The summed E-state index contributed by atoms with van der Waals surface area (Å²) in [6, 6.07) is 18.9. The van der Waals surface area contributed by atoms with E-state index in [9.17, 15) is 13.7 Å². The van der Waals surface area contributed by atoms with Gasteiger partial charge in [-0.25, -0.2) is 8.42 Å². The Morgan fingerprint density at radius 1 is 1.15 bits per heavy atom. The fourth-order valence-electron chi connectivity index (χ4n) is 3.18. The van der Waals surface area contributed by atoms with E-state index in [0.29, 0.717) is 12.1 Å². The molecule has 0 aliphatic carbocycles. The Hall–Kier alpha value is -2.68. The third kappa shape index (κ3) is 4.19. The molecule has 1 saturated heterocycles. The van der Waals surface area contributed by atoms with Crippen molar-refractivity contribution >= 4 is 16.1 Å². The van der Waals surface area contributed by atoms with Crippen LogP contribution in [0.1, 0.15) is 18.1 Å². The summed E-state index contributed by atoms with van der Waals surface area (Å²) in [7, 11) is -3.59. The quantitative estimate of drug-likeness (QED) is 0.750. The summed E-state index contributed by atoms with van der Waals surface area (Å²) in [5.41, 5.74) is 3.51. The van der Waals surface area contributed by atoms with Gasteiger partial charge in [0, 0.05) is 24.6 Å². The zero-order chi connectivity index (χ0) is 19.4. The highest BCUT2D eigenvalue weighted by molar-refractivity contribution is 7.89. The third-order valence-corrected chi connectivity index (χ3v) is 6.65. The van der Waals surface area contributed by atoms with Gasteiger partial charge in [0.2, 0.25) is 10.0 Å². The first-order valence-electron chi connectivity index (χ1n) is 8.81. The maximum absolute atomic E-state index is 13.0. The van der Waals surface area contributed by atoms with Gasteiger partial charge in [-0.3, -0.25) is 0 Å². The highest BCUT2D eigenvalue weighted by atomic mass is 32.2. The molecule has 27 heavy (non-hydrogen) atoms. The van der Waals surface area contributed by atoms with Gasteiger partial charge in [-0.2, -0.15) is 9.57 Å². The van der Waals surface area contributed by atoms with Crippen LogP contribution in [0.2, 0.25) is 0 Å². The van der Waals surface area contributed by atoms with Gasteiger partial charge >= 0.3 is 0 Å². The summed E-state index contributed by atoms with van der Waals surface area (Å²) in [5.74, 6) is -0.106. The van der Waals surface area contributed by atoms with Crippen LogP contribution < -0.4 is 0 Å². The number of sulfonamides is 1. The highest BCUT2D eigenvalue weighted by Crippen LogP contribution is 2.31.